The summed E-state index contributed by atoms with van der Waals surface area (Å²) in [6.07, 6.45) is 1.42. The van der Waals surface area contributed by atoms with Gasteiger partial charge in [0, 0.05) is 18.7 Å². The number of hydrogen-bond donors (Lipinski definition) is 2. The number of carbonyl (C=O) groups excluding carboxylic acids is 1. The number of nitrogens with one attached hydrogen (secondary N) is 2. The van der Waals surface area contributed by atoms with E-state index in [9.17, 15) is 13.2 Å². The van der Waals surface area contributed by atoms with Gasteiger partial charge in [-0.05, 0) is 44.5 Å². The Morgan fingerprint density at radius 1 is 1.17 bits per heavy atom. The third-order valence-corrected chi connectivity index (χ3v) is 5.78. The Bertz CT molecular complexity index is 624. The predicted octanol–water partition coefficient (Wildman–Crippen LogP) is 0.0164. The van der Waals surface area contributed by atoms with E-state index in [1.165, 1.54) is 4.90 Å². The number of sulfonamides is 1. The van der Waals surface area contributed by atoms with Crippen LogP contribution >= 0.6 is 0 Å². The maximum absolute atomic E-state index is 12.3. The highest BCUT2D eigenvalue weighted by Gasteiger charge is 2.22. The average molecular weight is 340 g/mol. The molecule has 23 heavy (non-hydrogen) atoms. The van der Waals surface area contributed by atoms with Crippen LogP contribution in [0.25, 0.3) is 0 Å². The lowest BCUT2D eigenvalue weighted by Gasteiger charge is -2.17. The summed E-state index contributed by atoms with van der Waals surface area (Å²) in [5.74, 6) is 0.0981. The summed E-state index contributed by atoms with van der Waals surface area (Å²) in [5.41, 5.74) is 0.763. The van der Waals surface area contributed by atoms with Crippen molar-refractivity contribution >= 4 is 21.6 Å². The first-order valence-electron chi connectivity index (χ1n) is 8.21. The Morgan fingerprint density at radius 3 is 2.35 bits per heavy atom. The highest BCUT2D eigenvalue weighted by Crippen LogP contribution is 2.22. The monoisotopic (exact) mass is 340 g/mol. The van der Waals surface area contributed by atoms with Gasteiger partial charge in [-0.15, -0.1) is 0 Å². The highest BCUT2D eigenvalue weighted by molar-refractivity contribution is 7.89. The van der Waals surface area contributed by atoms with Crippen LogP contribution in [-0.4, -0.2) is 47.0 Å². The molecule has 0 aliphatic carbocycles. The molecule has 0 saturated carbocycles. The number of likely N-dealkylation sites (N-methyl/N-ethyl adjacent to an activating group) is 1. The molecule has 2 N–H and O–H groups in total. The van der Waals surface area contributed by atoms with E-state index in [2.05, 4.69) is 18.6 Å². The average Bonchev–Trinajstić information content (AvgIpc) is 2.98. The van der Waals surface area contributed by atoms with Gasteiger partial charge >= 0.3 is 0 Å². The number of hydrogen-bond acceptors (Lipinski definition) is 3. The van der Waals surface area contributed by atoms with Crippen LogP contribution in [0.3, 0.4) is 0 Å². The Kier molecular flexibility index (Phi) is 6.15. The zero-order valence-electron chi connectivity index (χ0n) is 13.8. The third kappa shape index (κ3) is 4.53. The second-order valence-corrected chi connectivity index (χ2v) is 7.51. The molecule has 0 radical (unpaired) electrons. The lowest BCUT2D eigenvalue weighted by molar-refractivity contribution is -0.895. The smallest absolute Gasteiger partial charge is 0.240 e. The summed E-state index contributed by atoms with van der Waals surface area (Å²) in [4.78, 5) is 15.0. The molecule has 0 aromatic heterocycles. The van der Waals surface area contributed by atoms with Crippen molar-refractivity contribution in [3.8, 4) is 0 Å². The Hall–Kier alpha value is -1.44. The quantitative estimate of drug-likeness (QED) is 0.701. The SMILES string of the molecule is CC[NH+](CC)CCNS(=O)(=O)c1ccc(N2CCCC2=O)cc1. The summed E-state index contributed by atoms with van der Waals surface area (Å²) < 4.78 is 27.2. The molecule has 1 fully saturated rings. The van der Waals surface area contributed by atoms with E-state index in [0.717, 1.165) is 31.7 Å². The van der Waals surface area contributed by atoms with E-state index in [-0.39, 0.29) is 10.8 Å². The predicted molar refractivity (Wildman–Crippen MR) is 90.1 cm³/mol. The van der Waals surface area contributed by atoms with Gasteiger partial charge in [0.1, 0.15) is 0 Å². The second-order valence-electron chi connectivity index (χ2n) is 5.75. The lowest BCUT2D eigenvalue weighted by Crippen LogP contribution is -3.12. The number of quaternary nitrogens is 1. The second kappa shape index (κ2) is 7.90. The Morgan fingerprint density at radius 2 is 1.83 bits per heavy atom. The number of anilines is 1. The van der Waals surface area contributed by atoms with E-state index in [1.54, 1.807) is 29.2 Å². The van der Waals surface area contributed by atoms with E-state index in [4.69, 9.17) is 0 Å². The van der Waals surface area contributed by atoms with Gasteiger partial charge in [-0.25, -0.2) is 13.1 Å². The molecule has 1 aromatic carbocycles. The zero-order chi connectivity index (χ0) is 16.9. The van der Waals surface area contributed by atoms with E-state index < -0.39 is 10.0 Å². The lowest BCUT2D eigenvalue weighted by atomic mass is 10.3. The zero-order valence-corrected chi connectivity index (χ0v) is 14.7. The minimum absolute atomic E-state index is 0.0981. The fraction of sp³-hybridized carbons (Fsp3) is 0.562. The van der Waals surface area contributed by atoms with Crippen LogP contribution in [0, 0.1) is 0 Å². The van der Waals surface area contributed by atoms with Crippen LogP contribution in [0.15, 0.2) is 29.2 Å². The van der Waals surface area contributed by atoms with Crippen LogP contribution in [0.5, 0.6) is 0 Å². The molecule has 2 rings (SSSR count). The van der Waals surface area contributed by atoms with Crippen molar-refractivity contribution in [3.63, 3.8) is 0 Å². The summed E-state index contributed by atoms with van der Waals surface area (Å²) >= 11 is 0. The number of amides is 1. The van der Waals surface area contributed by atoms with Gasteiger partial charge in [0.05, 0.1) is 31.1 Å². The normalized spacial score (nSPS) is 15.6. The number of benzene rings is 1. The van der Waals surface area contributed by atoms with Crippen molar-refractivity contribution in [1.82, 2.24) is 4.72 Å². The summed E-state index contributed by atoms with van der Waals surface area (Å²) in [6, 6.07) is 6.53. The topological polar surface area (TPSA) is 70.9 Å². The van der Waals surface area contributed by atoms with Crippen LogP contribution in [0.4, 0.5) is 5.69 Å². The molecule has 7 heteroatoms. The van der Waals surface area contributed by atoms with E-state index in [0.29, 0.717) is 19.5 Å². The molecule has 0 bridgehead atoms. The summed E-state index contributed by atoms with van der Waals surface area (Å²) in [5, 5.41) is 0. The summed E-state index contributed by atoms with van der Waals surface area (Å²) in [7, 11) is -3.49. The molecule has 1 amide bonds. The number of rotatable bonds is 8. The first kappa shape index (κ1) is 17.9. The van der Waals surface area contributed by atoms with Gasteiger partial charge in [0.25, 0.3) is 0 Å². The van der Waals surface area contributed by atoms with Crippen molar-refractivity contribution < 1.29 is 18.1 Å². The Labute approximate surface area is 138 Å². The van der Waals surface area contributed by atoms with Gasteiger partial charge in [-0.3, -0.25) is 4.79 Å². The fourth-order valence-electron chi connectivity index (χ4n) is 2.78. The molecule has 1 aliphatic heterocycles. The van der Waals surface area contributed by atoms with Crippen molar-refractivity contribution in [2.75, 3.05) is 37.6 Å². The van der Waals surface area contributed by atoms with Gasteiger partial charge in [0.2, 0.25) is 15.9 Å². The molecule has 0 unspecified atom stereocenters. The van der Waals surface area contributed by atoms with Gasteiger partial charge in [-0.2, -0.15) is 0 Å². The molecule has 128 valence electrons. The van der Waals surface area contributed by atoms with Crippen molar-refractivity contribution in [2.24, 2.45) is 0 Å². The molecule has 0 atom stereocenters. The maximum atomic E-state index is 12.3. The first-order valence-corrected chi connectivity index (χ1v) is 9.70. The van der Waals surface area contributed by atoms with Gasteiger partial charge < -0.3 is 9.80 Å². The molecule has 1 heterocycles. The molecular weight excluding hydrogens is 314 g/mol. The molecule has 1 saturated heterocycles. The van der Waals surface area contributed by atoms with E-state index >= 15 is 0 Å². The molecule has 1 aromatic rings. The molecule has 0 spiro atoms. The van der Waals surface area contributed by atoms with Crippen molar-refractivity contribution in [1.29, 1.82) is 0 Å². The van der Waals surface area contributed by atoms with Crippen molar-refractivity contribution in [3.05, 3.63) is 24.3 Å². The molecular formula is C16H26N3O3S+. The van der Waals surface area contributed by atoms with Gasteiger partial charge in [-0.1, -0.05) is 0 Å². The minimum Gasteiger partial charge on any atom is -0.334 e. The van der Waals surface area contributed by atoms with Crippen LogP contribution in [-0.2, 0) is 14.8 Å². The Balaban J connectivity index is 1.98. The number of nitrogens with zero attached hydrogens (tertiary/aromatic N) is 1. The fourth-order valence-corrected chi connectivity index (χ4v) is 3.81. The standard InChI is InChI=1S/C16H25N3O3S/c1-3-18(4-2)13-11-17-23(21,22)15-9-7-14(8-10-15)19-12-5-6-16(19)20/h7-10,17H,3-6,11-13H2,1-2H3/p+1. The van der Waals surface area contributed by atoms with Crippen molar-refractivity contribution in [2.45, 2.75) is 31.6 Å². The van der Waals surface area contributed by atoms with Crippen LogP contribution < -0.4 is 14.5 Å². The molecule has 1 aliphatic rings. The maximum Gasteiger partial charge on any atom is 0.240 e. The largest absolute Gasteiger partial charge is 0.334 e. The van der Waals surface area contributed by atoms with Crippen LogP contribution in [0.2, 0.25) is 0 Å². The highest BCUT2D eigenvalue weighted by atomic mass is 32.2. The van der Waals surface area contributed by atoms with Crippen LogP contribution in [0.1, 0.15) is 26.7 Å². The van der Waals surface area contributed by atoms with Gasteiger partial charge in [0.15, 0.2) is 0 Å². The first-order chi connectivity index (χ1) is 11.0. The third-order valence-electron chi connectivity index (χ3n) is 4.30. The minimum atomic E-state index is -3.49. The number of carbonyl (C=O) groups is 1. The summed E-state index contributed by atoms with van der Waals surface area (Å²) in [6.45, 7) is 8.04. The molecule has 6 nitrogen and oxygen atoms in total. The van der Waals surface area contributed by atoms with E-state index in [1.807, 2.05) is 0 Å².